The van der Waals surface area contributed by atoms with Gasteiger partial charge in [0.25, 0.3) is 10.0 Å². The summed E-state index contributed by atoms with van der Waals surface area (Å²) in [6.45, 7) is 2.21. The third kappa shape index (κ3) is 6.57. The number of benzene rings is 2. The second kappa shape index (κ2) is 11.0. The van der Waals surface area contributed by atoms with E-state index in [1.807, 2.05) is 6.07 Å². The maximum absolute atomic E-state index is 13.1. The Balaban J connectivity index is 1.59. The highest BCUT2D eigenvalue weighted by molar-refractivity contribution is 7.98. The highest BCUT2D eigenvalue weighted by Crippen LogP contribution is 2.22. The van der Waals surface area contributed by atoms with Crippen LogP contribution in [0.15, 0.2) is 84.0 Å². The summed E-state index contributed by atoms with van der Waals surface area (Å²) < 4.78 is 27.4. The smallest absolute Gasteiger partial charge is 0.264 e. The SMILES string of the molecule is Cc1cccc(CSCCNC(=O)CN(c2cccnc2)S(=O)(=O)c2ccccc2)c1. The average Bonchev–Trinajstić information content (AvgIpc) is 2.78. The van der Waals surface area contributed by atoms with Crippen LogP contribution in [0.4, 0.5) is 5.69 Å². The van der Waals surface area contributed by atoms with E-state index in [-0.39, 0.29) is 17.3 Å². The van der Waals surface area contributed by atoms with Crippen LogP contribution in [0.25, 0.3) is 0 Å². The van der Waals surface area contributed by atoms with E-state index < -0.39 is 10.0 Å². The average molecular weight is 456 g/mol. The molecule has 0 spiro atoms. The minimum atomic E-state index is -3.90. The van der Waals surface area contributed by atoms with Crippen molar-refractivity contribution in [1.29, 1.82) is 0 Å². The van der Waals surface area contributed by atoms with Gasteiger partial charge in [0.15, 0.2) is 0 Å². The zero-order valence-electron chi connectivity index (χ0n) is 17.3. The minimum absolute atomic E-state index is 0.125. The van der Waals surface area contributed by atoms with Crippen molar-refractivity contribution in [2.75, 3.05) is 23.1 Å². The van der Waals surface area contributed by atoms with Crippen LogP contribution < -0.4 is 9.62 Å². The number of carbonyl (C=O) groups is 1. The molecule has 0 fully saturated rings. The zero-order valence-corrected chi connectivity index (χ0v) is 18.9. The Kier molecular flexibility index (Phi) is 8.08. The molecule has 0 unspecified atom stereocenters. The number of rotatable bonds is 10. The van der Waals surface area contributed by atoms with Crippen molar-refractivity contribution in [1.82, 2.24) is 10.3 Å². The zero-order chi connectivity index (χ0) is 22.1. The molecule has 0 saturated heterocycles. The molecule has 0 aliphatic carbocycles. The van der Waals surface area contributed by atoms with Gasteiger partial charge in [0, 0.05) is 24.2 Å². The molecule has 8 heteroatoms. The van der Waals surface area contributed by atoms with Gasteiger partial charge < -0.3 is 5.32 Å². The fraction of sp³-hybridized carbons (Fsp3) is 0.217. The summed E-state index contributed by atoms with van der Waals surface area (Å²) in [5.74, 6) is 1.24. The second-order valence-corrected chi connectivity index (χ2v) is 9.90. The van der Waals surface area contributed by atoms with E-state index in [1.165, 1.54) is 29.5 Å². The third-order valence-corrected chi connectivity index (χ3v) is 7.29. The fourth-order valence-electron chi connectivity index (χ4n) is 2.98. The molecule has 0 aliphatic heterocycles. The van der Waals surface area contributed by atoms with E-state index in [2.05, 4.69) is 35.4 Å². The van der Waals surface area contributed by atoms with Crippen LogP contribution in [0.3, 0.4) is 0 Å². The number of aryl methyl sites for hydroxylation is 1. The van der Waals surface area contributed by atoms with Crippen LogP contribution >= 0.6 is 11.8 Å². The van der Waals surface area contributed by atoms with Crippen molar-refractivity contribution in [3.63, 3.8) is 0 Å². The van der Waals surface area contributed by atoms with Gasteiger partial charge in [-0.25, -0.2) is 8.42 Å². The summed E-state index contributed by atoms with van der Waals surface area (Å²) in [5, 5.41) is 2.82. The summed E-state index contributed by atoms with van der Waals surface area (Å²) in [4.78, 5) is 16.7. The van der Waals surface area contributed by atoms with Crippen molar-refractivity contribution in [3.05, 3.63) is 90.3 Å². The molecule has 162 valence electrons. The lowest BCUT2D eigenvalue weighted by atomic mass is 10.2. The van der Waals surface area contributed by atoms with Gasteiger partial charge in [0.1, 0.15) is 6.54 Å². The minimum Gasteiger partial charge on any atom is -0.354 e. The van der Waals surface area contributed by atoms with E-state index in [1.54, 1.807) is 48.3 Å². The molecular weight excluding hydrogens is 430 g/mol. The van der Waals surface area contributed by atoms with E-state index in [0.29, 0.717) is 12.2 Å². The van der Waals surface area contributed by atoms with Crippen molar-refractivity contribution in [2.45, 2.75) is 17.6 Å². The first-order chi connectivity index (χ1) is 15.0. The van der Waals surface area contributed by atoms with Crippen molar-refractivity contribution in [2.24, 2.45) is 0 Å². The number of thioether (sulfide) groups is 1. The fourth-order valence-corrected chi connectivity index (χ4v) is 5.21. The number of hydrogen-bond donors (Lipinski definition) is 1. The normalized spacial score (nSPS) is 11.1. The molecule has 0 bridgehead atoms. The lowest BCUT2D eigenvalue weighted by molar-refractivity contribution is -0.119. The number of carbonyl (C=O) groups excluding carboxylic acids is 1. The first-order valence-electron chi connectivity index (χ1n) is 9.84. The van der Waals surface area contributed by atoms with Gasteiger partial charge in [-0.3, -0.25) is 14.1 Å². The number of sulfonamides is 1. The number of hydrogen-bond acceptors (Lipinski definition) is 5. The highest BCUT2D eigenvalue weighted by Gasteiger charge is 2.27. The van der Waals surface area contributed by atoms with Crippen molar-refractivity contribution >= 4 is 33.4 Å². The lowest BCUT2D eigenvalue weighted by Gasteiger charge is -2.23. The van der Waals surface area contributed by atoms with E-state index in [0.717, 1.165) is 15.8 Å². The molecule has 0 saturated carbocycles. The molecule has 2 aromatic carbocycles. The van der Waals surface area contributed by atoms with E-state index in [9.17, 15) is 13.2 Å². The molecule has 3 aromatic rings. The van der Waals surface area contributed by atoms with Gasteiger partial charge in [0.05, 0.1) is 16.8 Å². The molecule has 1 heterocycles. The summed E-state index contributed by atoms with van der Waals surface area (Å²) >= 11 is 1.72. The van der Waals surface area contributed by atoms with Crippen LogP contribution in [0.2, 0.25) is 0 Å². The maximum Gasteiger partial charge on any atom is 0.264 e. The van der Waals surface area contributed by atoms with Gasteiger partial charge >= 0.3 is 0 Å². The Morgan fingerprint density at radius 1 is 1.06 bits per heavy atom. The van der Waals surface area contributed by atoms with Gasteiger partial charge in [0.2, 0.25) is 5.91 Å². The molecule has 1 N–H and O–H groups in total. The summed E-state index contributed by atoms with van der Waals surface area (Å²) in [7, 11) is -3.90. The number of amides is 1. The first-order valence-corrected chi connectivity index (χ1v) is 12.4. The van der Waals surface area contributed by atoms with Gasteiger partial charge in [-0.1, -0.05) is 48.0 Å². The van der Waals surface area contributed by atoms with Gasteiger partial charge in [-0.15, -0.1) is 0 Å². The molecular formula is C23H25N3O3S2. The standard InChI is InChI=1S/C23H25N3O3S2/c1-19-7-5-8-20(15-19)18-30-14-13-25-23(27)17-26(21-9-6-12-24-16-21)31(28,29)22-10-3-2-4-11-22/h2-12,15-16H,13-14,17-18H2,1H3,(H,25,27). The van der Waals surface area contributed by atoms with Crippen LogP contribution in [0, 0.1) is 6.92 Å². The Bertz CT molecular complexity index is 1090. The largest absolute Gasteiger partial charge is 0.354 e. The Hall–Kier alpha value is -2.84. The van der Waals surface area contributed by atoms with E-state index in [4.69, 9.17) is 0 Å². The number of pyridine rings is 1. The predicted molar refractivity (Wildman–Crippen MR) is 126 cm³/mol. The number of nitrogens with one attached hydrogen (secondary N) is 1. The third-order valence-electron chi connectivity index (χ3n) is 4.47. The quantitative estimate of drug-likeness (QED) is 0.472. The maximum atomic E-state index is 13.1. The molecule has 1 amide bonds. The number of aromatic nitrogens is 1. The predicted octanol–water partition coefficient (Wildman–Crippen LogP) is 3.63. The molecule has 1 aromatic heterocycles. The first kappa shape index (κ1) is 22.8. The summed E-state index contributed by atoms with van der Waals surface area (Å²) in [6, 6.07) is 19.7. The Morgan fingerprint density at radius 2 is 1.87 bits per heavy atom. The Labute approximate surface area is 187 Å². The van der Waals surface area contributed by atoms with Gasteiger partial charge in [-0.2, -0.15) is 11.8 Å². The molecule has 31 heavy (non-hydrogen) atoms. The highest BCUT2D eigenvalue weighted by atomic mass is 32.2. The van der Waals surface area contributed by atoms with Crippen molar-refractivity contribution in [3.8, 4) is 0 Å². The summed E-state index contributed by atoms with van der Waals surface area (Å²) in [5.41, 5.74) is 2.81. The topological polar surface area (TPSA) is 79.4 Å². The molecule has 0 radical (unpaired) electrons. The molecule has 0 aliphatic rings. The van der Waals surface area contributed by atoms with Crippen LogP contribution in [-0.2, 0) is 20.6 Å². The lowest BCUT2D eigenvalue weighted by Crippen LogP contribution is -2.41. The molecule has 0 atom stereocenters. The van der Waals surface area contributed by atoms with Crippen LogP contribution in [0.5, 0.6) is 0 Å². The van der Waals surface area contributed by atoms with Crippen LogP contribution in [0.1, 0.15) is 11.1 Å². The summed E-state index contributed by atoms with van der Waals surface area (Å²) in [6.07, 6.45) is 2.99. The number of anilines is 1. The Morgan fingerprint density at radius 3 is 2.58 bits per heavy atom. The van der Waals surface area contributed by atoms with Crippen LogP contribution in [-0.4, -0.2) is 38.2 Å². The van der Waals surface area contributed by atoms with E-state index >= 15 is 0 Å². The second-order valence-electron chi connectivity index (χ2n) is 6.93. The number of nitrogens with zero attached hydrogens (tertiary/aromatic N) is 2. The van der Waals surface area contributed by atoms with Gasteiger partial charge in [-0.05, 0) is 36.8 Å². The molecule has 3 rings (SSSR count). The molecule has 6 nitrogen and oxygen atoms in total. The monoisotopic (exact) mass is 455 g/mol. The van der Waals surface area contributed by atoms with Crippen molar-refractivity contribution < 1.29 is 13.2 Å².